The van der Waals surface area contributed by atoms with Crippen LogP contribution in [0.3, 0.4) is 0 Å². The van der Waals surface area contributed by atoms with E-state index in [1.165, 1.54) is 5.56 Å². The van der Waals surface area contributed by atoms with Gasteiger partial charge in [0.2, 0.25) is 0 Å². The number of morpholine rings is 1. The quantitative estimate of drug-likeness (QED) is 0.734. The monoisotopic (exact) mass is 191 g/mol. The van der Waals surface area contributed by atoms with E-state index in [1.54, 1.807) is 0 Å². The van der Waals surface area contributed by atoms with Gasteiger partial charge in [0.15, 0.2) is 0 Å². The van der Waals surface area contributed by atoms with Crippen molar-refractivity contribution in [3.05, 3.63) is 35.9 Å². The SMILES string of the molecule is C[C@@H]1CO[C@@H](c2ccccc2)[C@H](C)N1. The highest BCUT2D eigenvalue weighted by Crippen LogP contribution is 2.24. The maximum absolute atomic E-state index is 5.83. The highest BCUT2D eigenvalue weighted by atomic mass is 16.5. The first-order chi connectivity index (χ1) is 6.77. The van der Waals surface area contributed by atoms with Crippen LogP contribution >= 0.6 is 0 Å². The molecule has 1 fully saturated rings. The Morgan fingerprint density at radius 2 is 1.93 bits per heavy atom. The van der Waals surface area contributed by atoms with Gasteiger partial charge in [-0.15, -0.1) is 0 Å². The highest BCUT2D eigenvalue weighted by Gasteiger charge is 2.26. The Labute approximate surface area is 85.3 Å². The predicted molar refractivity (Wildman–Crippen MR) is 57.2 cm³/mol. The van der Waals surface area contributed by atoms with Crippen LogP contribution in [0.4, 0.5) is 0 Å². The second-order valence-corrected chi connectivity index (χ2v) is 4.02. The molecule has 0 aliphatic carbocycles. The minimum absolute atomic E-state index is 0.201. The molecule has 1 saturated heterocycles. The maximum Gasteiger partial charge on any atom is 0.0975 e. The lowest BCUT2D eigenvalue weighted by Crippen LogP contribution is -2.47. The zero-order valence-corrected chi connectivity index (χ0v) is 8.73. The molecule has 0 aromatic heterocycles. The first-order valence-electron chi connectivity index (χ1n) is 5.20. The summed E-state index contributed by atoms with van der Waals surface area (Å²) in [5.74, 6) is 0. The first kappa shape index (κ1) is 9.69. The molecule has 1 N–H and O–H groups in total. The summed E-state index contributed by atoms with van der Waals surface area (Å²) in [4.78, 5) is 0. The van der Waals surface area contributed by atoms with Crippen LogP contribution in [0.5, 0.6) is 0 Å². The fourth-order valence-electron chi connectivity index (χ4n) is 2.00. The van der Waals surface area contributed by atoms with Crippen LogP contribution in [0.1, 0.15) is 25.5 Å². The summed E-state index contributed by atoms with van der Waals surface area (Å²) in [5.41, 5.74) is 1.26. The van der Waals surface area contributed by atoms with Crippen molar-refractivity contribution in [2.24, 2.45) is 0 Å². The summed E-state index contributed by atoms with van der Waals surface area (Å²) in [7, 11) is 0. The van der Waals surface area contributed by atoms with Crippen molar-refractivity contribution in [1.29, 1.82) is 0 Å². The molecule has 1 heterocycles. The van der Waals surface area contributed by atoms with Gasteiger partial charge in [-0.3, -0.25) is 0 Å². The highest BCUT2D eigenvalue weighted by molar-refractivity contribution is 5.19. The molecule has 14 heavy (non-hydrogen) atoms. The molecular formula is C12H17NO. The van der Waals surface area contributed by atoms with Crippen LogP contribution in [-0.2, 0) is 4.74 Å². The third-order valence-corrected chi connectivity index (χ3v) is 2.66. The van der Waals surface area contributed by atoms with Crippen molar-refractivity contribution in [3.8, 4) is 0 Å². The van der Waals surface area contributed by atoms with E-state index in [0.717, 1.165) is 6.61 Å². The Balaban J connectivity index is 2.12. The van der Waals surface area contributed by atoms with Gasteiger partial charge >= 0.3 is 0 Å². The molecule has 76 valence electrons. The molecule has 1 aliphatic rings. The first-order valence-corrected chi connectivity index (χ1v) is 5.20. The Bertz CT molecular complexity index is 286. The fourth-order valence-corrected chi connectivity index (χ4v) is 2.00. The lowest BCUT2D eigenvalue weighted by atomic mass is 10.0. The van der Waals surface area contributed by atoms with Gasteiger partial charge in [-0.1, -0.05) is 30.3 Å². The summed E-state index contributed by atoms with van der Waals surface area (Å²) in [6.07, 6.45) is 0.201. The normalized spacial score (nSPS) is 32.9. The van der Waals surface area contributed by atoms with Crippen LogP contribution in [0.15, 0.2) is 30.3 Å². The molecule has 0 bridgehead atoms. The van der Waals surface area contributed by atoms with Gasteiger partial charge < -0.3 is 10.1 Å². The van der Waals surface area contributed by atoms with Crippen molar-refractivity contribution in [1.82, 2.24) is 5.32 Å². The topological polar surface area (TPSA) is 21.3 Å². The lowest BCUT2D eigenvalue weighted by molar-refractivity contribution is -0.0207. The number of hydrogen-bond donors (Lipinski definition) is 1. The minimum atomic E-state index is 0.201. The maximum atomic E-state index is 5.83. The van der Waals surface area contributed by atoms with Gasteiger partial charge in [-0.05, 0) is 19.4 Å². The summed E-state index contributed by atoms with van der Waals surface area (Å²) in [6, 6.07) is 11.3. The molecule has 1 aliphatic heterocycles. The number of rotatable bonds is 1. The Kier molecular flexibility index (Phi) is 2.85. The van der Waals surface area contributed by atoms with Crippen molar-refractivity contribution in [2.45, 2.75) is 32.0 Å². The summed E-state index contributed by atoms with van der Waals surface area (Å²) >= 11 is 0. The van der Waals surface area contributed by atoms with Gasteiger partial charge in [0.25, 0.3) is 0 Å². The van der Waals surface area contributed by atoms with Gasteiger partial charge in [-0.25, -0.2) is 0 Å². The van der Waals surface area contributed by atoms with Crippen LogP contribution in [0, 0.1) is 0 Å². The molecular weight excluding hydrogens is 174 g/mol. The van der Waals surface area contributed by atoms with Crippen molar-refractivity contribution in [2.75, 3.05) is 6.61 Å². The van der Waals surface area contributed by atoms with Gasteiger partial charge in [0, 0.05) is 12.1 Å². The van der Waals surface area contributed by atoms with E-state index >= 15 is 0 Å². The van der Waals surface area contributed by atoms with Gasteiger partial charge in [-0.2, -0.15) is 0 Å². The third-order valence-electron chi connectivity index (χ3n) is 2.66. The van der Waals surface area contributed by atoms with Crippen molar-refractivity contribution < 1.29 is 4.74 Å². The van der Waals surface area contributed by atoms with Crippen LogP contribution in [-0.4, -0.2) is 18.7 Å². The molecule has 1 aromatic rings. The average Bonchev–Trinajstić information content (AvgIpc) is 2.19. The zero-order valence-electron chi connectivity index (χ0n) is 8.73. The van der Waals surface area contributed by atoms with Crippen molar-refractivity contribution in [3.63, 3.8) is 0 Å². The predicted octanol–water partition coefficient (Wildman–Crippen LogP) is 2.12. The number of nitrogens with one attached hydrogen (secondary N) is 1. The molecule has 0 saturated carbocycles. The Hall–Kier alpha value is -0.860. The molecule has 0 amide bonds. The van der Waals surface area contributed by atoms with E-state index in [0.29, 0.717) is 12.1 Å². The average molecular weight is 191 g/mol. The van der Waals surface area contributed by atoms with Crippen LogP contribution in [0.2, 0.25) is 0 Å². The van der Waals surface area contributed by atoms with Crippen LogP contribution in [0.25, 0.3) is 0 Å². The molecule has 2 nitrogen and oxygen atoms in total. The van der Waals surface area contributed by atoms with E-state index in [4.69, 9.17) is 4.74 Å². The standard InChI is InChI=1S/C12H17NO/c1-9-8-14-12(10(2)13-9)11-6-4-3-5-7-11/h3-7,9-10,12-13H,8H2,1-2H3/t9-,10+,12-/m1/s1. The second-order valence-electron chi connectivity index (χ2n) is 4.02. The van der Waals surface area contributed by atoms with Crippen LogP contribution < -0.4 is 5.32 Å². The summed E-state index contributed by atoms with van der Waals surface area (Å²) in [5, 5.41) is 3.50. The van der Waals surface area contributed by atoms with Gasteiger partial charge in [0.05, 0.1) is 12.7 Å². The molecule has 0 unspecified atom stereocenters. The smallest absolute Gasteiger partial charge is 0.0975 e. The molecule has 2 rings (SSSR count). The molecule has 0 radical (unpaired) electrons. The summed E-state index contributed by atoms with van der Waals surface area (Å²) in [6.45, 7) is 5.12. The van der Waals surface area contributed by atoms with E-state index in [2.05, 4.69) is 43.4 Å². The van der Waals surface area contributed by atoms with E-state index in [1.807, 2.05) is 6.07 Å². The Morgan fingerprint density at radius 1 is 1.21 bits per heavy atom. The van der Waals surface area contributed by atoms with E-state index in [-0.39, 0.29) is 6.10 Å². The molecule has 0 spiro atoms. The molecule has 2 heteroatoms. The summed E-state index contributed by atoms with van der Waals surface area (Å²) < 4.78 is 5.83. The number of benzene rings is 1. The lowest BCUT2D eigenvalue weighted by Gasteiger charge is -2.34. The Morgan fingerprint density at radius 3 is 2.57 bits per heavy atom. The van der Waals surface area contributed by atoms with E-state index < -0.39 is 0 Å². The third kappa shape index (κ3) is 1.97. The minimum Gasteiger partial charge on any atom is -0.370 e. The zero-order chi connectivity index (χ0) is 9.97. The number of ether oxygens (including phenoxy) is 1. The number of hydrogen-bond acceptors (Lipinski definition) is 2. The van der Waals surface area contributed by atoms with E-state index in [9.17, 15) is 0 Å². The largest absolute Gasteiger partial charge is 0.370 e. The second kappa shape index (κ2) is 4.11. The fraction of sp³-hybridized carbons (Fsp3) is 0.500. The molecule has 3 atom stereocenters. The molecule has 1 aromatic carbocycles. The van der Waals surface area contributed by atoms with Gasteiger partial charge in [0.1, 0.15) is 0 Å². The van der Waals surface area contributed by atoms with Crippen molar-refractivity contribution >= 4 is 0 Å².